The number of aliphatic hydroxyl groups excluding tert-OH is 1. The number of nitrogens with one attached hydrogen (secondary N) is 2. The molecule has 0 aromatic carbocycles. The molecule has 0 saturated carbocycles. The van der Waals surface area contributed by atoms with Crippen molar-refractivity contribution in [3.63, 3.8) is 0 Å². The fraction of sp³-hybridized carbons (Fsp3) is 1.00. The van der Waals surface area contributed by atoms with E-state index in [9.17, 15) is 13.5 Å². The molecule has 0 bridgehead atoms. The zero-order valence-electron chi connectivity index (χ0n) is 13.7. The van der Waals surface area contributed by atoms with Crippen LogP contribution in [-0.2, 0) is 19.5 Å². The van der Waals surface area contributed by atoms with E-state index in [0.717, 1.165) is 6.26 Å². The zero-order chi connectivity index (χ0) is 16.5. The molecule has 0 rings (SSSR count). The highest BCUT2D eigenvalue weighted by Crippen LogP contribution is 2.01. The fourth-order valence-electron chi connectivity index (χ4n) is 1.71. The Kier molecular flexibility index (Phi) is 9.59. The average Bonchev–Trinajstić information content (AvgIpc) is 2.24. The standard InChI is InChI=1S/C13H30N2O5S/c1-11(2)20-7-6-19-9-12(16)8-14-10-13(3,4)15-21(5,17)18/h11-12,14-16H,6-10H2,1-5H3. The molecule has 0 aromatic rings. The minimum Gasteiger partial charge on any atom is -0.389 e. The molecule has 0 aliphatic heterocycles. The van der Waals surface area contributed by atoms with Gasteiger partial charge in [-0.15, -0.1) is 0 Å². The van der Waals surface area contributed by atoms with Gasteiger partial charge in [-0.25, -0.2) is 13.1 Å². The van der Waals surface area contributed by atoms with Crippen molar-refractivity contribution >= 4 is 10.0 Å². The number of ether oxygens (including phenoxy) is 2. The topological polar surface area (TPSA) is 96.9 Å². The third-order valence-electron chi connectivity index (χ3n) is 2.40. The van der Waals surface area contributed by atoms with Gasteiger partial charge in [0.1, 0.15) is 0 Å². The van der Waals surface area contributed by atoms with Crippen LogP contribution in [0.3, 0.4) is 0 Å². The monoisotopic (exact) mass is 326 g/mol. The molecule has 0 aliphatic rings. The van der Waals surface area contributed by atoms with Gasteiger partial charge >= 0.3 is 0 Å². The molecule has 0 amide bonds. The number of hydrogen-bond acceptors (Lipinski definition) is 6. The maximum atomic E-state index is 11.2. The van der Waals surface area contributed by atoms with Crippen molar-refractivity contribution in [1.82, 2.24) is 10.0 Å². The molecule has 0 aromatic heterocycles. The molecular formula is C13H30N2O5S. The number of rotatable bonds is 12. The van der Waals surface area contributed by atoms with Gasteiger partial charge in [0.25, 0.3) is 0 Å². The van der Waals surface area contributed by atoms with E-state index in [1.165, 1.54) is 0 Å². The Bertz CT molecular complexity index is 371. The second-order valence-corrected chi connectivity index (χ2v) is 7.79. The summed E-state index contributed by atoms with van der Waals surface area (Å²) in [7, 11) is -3.25. The van der Waals surface area contributed by atoms with E-state index < -0.39 is 21.7 Å². The lowest BCUT2D eigenvalue weighted by Crippen LogP contribution is -2.51. The van der Waals surface area contributed by atoms with Crippen molar-refractivity contribution in [1.29, 1.82) is 0 Å². The third-order valence-corrected chi connectivity index (χ3v) is 3.32. The van der Waals surface area contributed by atoms with Crippen molar-refractivity contribution < 1.29 is 23.0 Å². The first kappa shape index (κ1) is 20.8. The summed E-state index contributed by atoms with van der Waals surface area (Å²) in [6, 6.07) is 0. The summed E-state index contributed by atoms with van der Waals surface area (Å²) in [5, 5.41) is 12.7. The van der Waals surface area contributed by atoms with Crippen LogP contribution in [0, 0.1) is 0 Å². The maximum absolute atomic E-state index is 11.2. The van der Waals surface area contributed by atoms with E-state index in [0.29, 0.717) is 26.3 Å². The minimum absolute atomic E-state index is 0.171. The molecule has 1 atom stereocenters. The molecule has 8 heteroatoms. The summed E-state index contributed by atoms with van der Waals surface area (Å²) in [5.74, 6) is 0. The first-order valence-electron chi connectivity index (χ1n) is 7.09. The van der Waals surface area contributed by atoms with Crippen LogP contribution in [0.5, 0.6) is 0 Å². The third kappa shape index (κ3) is 14.5. The molecule has 21 heavy (non-hydrogen) atoms. The van der Waals surface area contributed by atoms with Gasteiger partial charge in [-0.2, -0.15) is 0 Å². The molecule has 0 heterocycles. The summed E-state index contributed by atoms with van der Waals surface area (Å²) in [6.45, 7) is 9.35. The fourth-order valence-corrected chi connectivity index (χ4v) is 2.79. The number of aliphatic hydroxyl groups is 1. The van der Waals surface area contributed by atoms with Crippen LogP contribution in [0.1, 0.15) is 27.7 Å². The molecule has 1 unspecified atom stereocenters. The van der Waals surface area contributed by atoms with Gasteiger partial charge in [0.05, 0.1) is 38.3 Å². The molecular weight excluding hydrogens is 296 g/mol. The Labute approximate surface area is 128 Å². The summed E-state index contributed by atoms with van der Waals surface area (Å²) in [6.07, 6.45) is 0.652. The highest BCUT2D eigenvalue weighted by atomic mass is 32.2. The van der Waals surface area contributed by atoms with Crippen molar-refractivity contribution in [3.8, 4) is 0 Å². The molecule has 128 valence electrons. The SMILES string of the molecule is CC(C)OCCOCC(O)CNCC(C)(C)NS(C)(=O)=O. The maximum Gasteiger partial charge on any atom is 0.209 e. The van der Waals surface area contributed by atoms with E-state index >= 15 is 0 Å². The van der Waals surface area contributed by atoms with Crippen LogP contribution >= 0.6 is 0 Å². The van der Waals surface area contributed by atoms with Crippen molar-refractivity contribution in [2.24, 2.45) is 0 Å². The van der Waals surface area contributed by atoms with Crippen molar-refractivity contribution in [2.45, 2.75) is 45.4 Å². The lowest BCUT2D eigenvalue weighted by atomic mass is 10.1. The highest BCUT2D eigenvalue weighted by Gasteiger charge is 2.21. The molecule has 0 fully saturated rings. The summed E-state index contributed by atoms with van der Waals surface area (Å²) < 4.78 is 35.5. The Morgan fingerprint density at radius 1 is 1.24 bits per heavy atom. The summed E-state index contributed by atoms with van der Waals surface area (Å²) in [5.41, 5.74) is -0.612. The predicted octanol–water partition coefficient (Wildman–Crippen LogP) is -0.294. The molecule has 0 saturated heterocycles. The Morgan fingerprint density at radius 3 is 2.38 bits per heavy atom. The van der Waals surface area contributed by atoms with Gasteiger partial charge in [-0.1, -0.05) is 0 Å². The minimum atomic E-state index is -3.25. The van der Waals surface area contributed by atoms with E-state index in [1.807, 2.05) is 13.8 Å². The van der Waals surface area contributed by atoms with Crippen LogP contribution < -0.4 is 10.0 Å². The summed E-state index contributed by atoms with van der Waals surface area (Å²) in [4.78, 5) is 0. The summed E-state index contributed by atoms with van der Waals surface area (Å²) >= 11 is 0. The second-order valence-electron chi connectivity index (χ2n) is 6.04. The first-order valence-corrected chi connectivity index (χ1v) is 8.98. The lowest BCUT2D eigenvalue weighted by Gasteiger charge is -2.26. The normalized spacial score (nSPS) is 14.6. The smallest absolute Gasteiger partial charge is 0.209 e. The Morgan fingerprint density at radius 2 is 1.86 bits per heavy atom. The van der Waals surface area contributed by atoms with Gasteiger partial charge in [-0.3, -0.25) is 0 Å². The lowest BCUT2D eigenvalue weighted by molar-refractivity contribution is -0.0101. The predicted molar refractivity (Wildman–Crippen MR) is 82.8 cm³/mol. The van der Waals surface area contributed by atoms with Crippen LogP contribution in [0.15, 0.2) is 0 Å². The molecule has 7 nitrogen and oxygen atoms in total. The second kappa shape index (κ2) is 9.70. The van der Waals surface area contributed by atoms with Gasteiger partial charge in [0.2, 0.25) is 10.0 Å². The van der Waals surface area contributed by atoms with E-state index in [4.69, 9.17) is 9.47 Å². The highest BCUT2D eigenvalue weighted by molar-refractivity contribution is 7.88. The number of hydrogen-bond donors (Lipinski definition) is 3. The Balaban J connectivity index is 3.72. The largest absolute Gasteiger partial charge is 0.389 e. The Hall–Kier alpha value is -0.250. The van der Waals surface area contributed by atoms with Gasteiger partial charge < -0.3 is 19.9 Å². The molecule has 0 spiro atoms. The van der Waals surface area contributed by atoms with Gasteiger partial charge in [-0.05, 0) is 27.7 Å². The van der Waals surface area contributed by atoms with Crippen LogP contribution in [0.25, 0.3) is 0 Å². The van der Waals surface area contributed by atoms with Crippen LogP contribution in [-0.4, -0.2) is 70.4 Å². The zero-order valence-corrected chi connectivity index (χ0v) is 14.5. The van der Waals surface area contributed by atoms with E-state index in [1.54, 1.807) is 13.8 Å². The molecule has 0 aliphatic carbocycles. The van der Waals surface area contributed by atoms with Gasteiger partial charge in [0.15, 0.2) is 0 Å². The van der Waals surface area contributed by atoms with Crippen molar-refractivity contribution in [3.05, 3.63) is 0 Å². The van der Waals surface area contributed by atoms with E-state index in [2.05, 4.69) is 10.0 Å². The van der Waals surface area contributed by atoms with Gasteiger partial charge in [0, 0.05) is 18.6 Å². The average molecular weight is 326 g/mol. The van der Waals surface area contributed by atoms with Crippen LogP contribution in [0.2, 0.25) is 0 Å². The number of sulfonamides is 1. The first-order chi connectivity index (χ1) is 9.52. The van der Waals surface area contributed by atoms with Crippen molar-refractivity contribution in [2.75, 3.05) is 39.2 Å². The van der Waals surface area contributed by atoms with E-state index in [-0.39, 0.29) is 12.7 Å². The molecule has 0 radical (unpaired) electrons. The molecule has 3 N–H and O–H groups in total. The van der Waals surface area contributed by atoms with Crippen LogP contribution in [0.4, 0.5) is 0 Å². The quantitative estimate of drug-likeness (QED) is 0.426.